The zero-order valence-corrected chi connectivity index (χ0v) is 14.6. The fraction of sp³-hybridized carbons (Fsp3) is 0.526. The summed E-state index contributed by atoms with van der Waals surface area (Å²) in [7, 11) is 0. The molecule has 1 aromatic heterocycles. The van der Waals surface area contributed by atoms with Crippen LogP contribution in [0.15, 0.2) is 30.3 Å². The highest BCUT2D eigenvalue weighted by atomic mass is 16.5. The van der Waals surface area contributed by atoms with Crippen LogP contribution >= 0.6 is 0 Å². The molecule has 2 aromatic rings. The molecular formula is C19H24N4O2. The Labute approximate surface area is 147 Å². The first-order valence-electron chi connectivity index (χ1n) is 9.13. The Hall–Kier alpha value is -2.21. The summed E-state index contributed by atoms with van der Waals surface area (Å²) in [5, 5.41) is 7.69. The average molecular weight is 340 g/mol. The Balaban J connectivity index is 1.61. The van der Waals surface area contributed by atoms with Gasteiger partial charge in [-0.15, -0.1) is 5.10 Å². The lowest BCUT2D eigenvalue weighted by molar-refractivity contribution is 0.0859. The number of amides is 1. The average Bonchev–Trinajstić information content (AvgIpc) is 3.21. The van der Waals surface area contributed by atoms with Crippen molar-refractivity contribution >= 4 is 5.91 Å². The van der Waals surface area contributed by atoms with Crippen LogP contribution in [-0.2, 0) is 4.74 Å². The van der Waals surface area contributed by atoms with Gasteiger partial charge in [0.05, 0.1) is 17.8 Å². The summed E-state index contributed by atoms with van der Waals surface area (Å²) in [5.41, 5.74) is 0.674. The van der Waals surface area contributed by atoms with Crippen molar-refractivity contribution in [1.29, 1.82) is 0 Å². The third-order valence-electron chi connectivity index (χ3n) is 4.99. The van der Waals surface area contributed by atoms with E-state index in [0.29, 0.717) is 19.1 Å². The van der Waals surface area contributed by atoms with Crippen LogP contribution in [0.2, 0.25) is 0 Å². The predicted molar refractivity (Wildman–Crippen MR) is 93.9 cm³/mol. The summed E-state index contributed by atoms with van der Waals surface area (Å²) >= 11 is 0. The Morgan fingerprint density at radius 2 is 2.16 bits per heavy atom. The van der Waals surface area contributed by atoms with Crippen LogP contribution < -0.4 is 5.32 Å². The van der Waals surface area contributed by atoms with Crippen molar-refractivity contribution in [2.24, 2.45) is 0 Å². The summed E-state index contributed by atoms with van der Waals surface area (Å²) in [6.45, 7) is 3.39. The van der Waals surface area contributed by atoms with E-state index in [-0.39, 0.29) is 17.3 Å². The van der Waals surface area contributed by atoms with Crippen LogP contribution in [0.1, 0.15) is 61.4 Å². The van der Waals surface area contributed by atoms with Crippen molar-refractivity contribution in [1.82, 2.24) is 20.1 Å². The number of aromatic nitrogens is 3. The summed E-state index contributed by atoms with van der Waals surface area (Å²) < 4.78 is 7.36. The second kappa shape index (κ2) is 6.59. The van der Waals surface area contributed by atoms with Gasteiger partial charge in [0.1, 0.15) is 5.82 Å². The first kappa shape index (κ1) is 16.3. The number of carbonyl (C=O) groups excluding carboxylic acids is 1. The van der Waals surface area contributed by atoms with Gasteiger partial charge < -0.3 is 10.1 Å². The normalized spacial score (nSPS) is 22.9. The number of nitrogens with one attached hydrogen (secondary N) is 1. The Morgan fingerprint density at radius 1 is 1.36 bits per heavy atom. The predicted octanol–water partition coefficient (Wildman–Crippen LogP) is 2.83. The monoisotopic (exact) mass is 340 g/mol. The molecule has 1 amide bonds. The topological polar surface area (TPSA) is 69.0 Å². The Kier molecular flexibility index (Phi) is 4.29. The maximum atomic E-state index is 12.8. The van der Waals surface area contributed by atoms with Crippen molar-refractivity contribution in [2.45, 2.75) is 50.5 Å². The molecule has 1 unspecified atom stereocenters. The minimum absolute atomic E-state index is 0.199. The number of rotatable bonds is 6. The molecule has 1 aromatic carbocycles. The third-order valence-corrected chi connectivity index (χ3v) is 4.99. The van der Waals surface area contributed by atoms with Crippen molar-refractivity contribution in [3.05, 3.63) is 42.0 Å². The fourth-order valence-electron chi connectivity index (χ4n) is 3.53. The molecule has 1 aliphatic heterocycles. The molecule has 2 aliphatic rings. The van der Waals surface area contributed by atoms with E-state index in [1.165, 1.54) is 0 Å². The zero-order valence-electron chi connectivity index (χ0n) is 14.6. The fourth-order valence-corrected chi connectivity index (χ4v) is 3.53. The number of carbonyl (C=O) groups is 1. The second-order valence-corrected chi connectivity index (χ2v) is 7.10. The van der Waals surface area contributed by atoms with Gasteiger partial charge in [-0.1, -0.05) is 31.5 Å². The number of benzene rings is 1. The van der Waals surface area contributed by atoms with Crippen molar-refractivity contribution in [3.8, 4) is 5.69 Å². The minimum atomic E-state index is -0.274. The maximum Gasteiger partial charge on any atom is 0.291 e. The molecular weight excluding hydrogens is 316 g/mol. The smallest absolute Gasteiger partial charge is 0.291 e. The van der Waals surface area contributed by atoms with E-state index in [1.807, 2.05) is 35.0 Å². The van der Waals surface area contributed by atoms with Gasteiger partial charge in [-0.3, -0.25) is 4.79 Å². The molecule has 1 N–H and O–H groups in total. The lowest BCUT2D eigenvalue weighted by Crippen LogP contribution is -2.49. The van der Waals surface area contributed by atoms with E-state index in [2.05, 4.69) is 22.3 Å². The molecule has 0 radical (unpaired) electrons. The molecule has 25 heavy (non-hydrogen) atoms. The standard InChI is InChI=1S/C19H24N4O2/c1-2-10-19(11-12-25-13-19)21-18(24)16-20-17(14-8-9-14)23(22-16)15-6-4-3-5-7-15/h3-7,14H,2,8-13H2,1H3,(H,21,24). The minimum Gasteiger partial charge on any atom is -0.379 e. The lowest BCUT2D eigenvalue weighted by atomic mass is 9.93. The Bertz CT molecular complexity index is 746. The van der Waals surface area contributed by atoms with E-state index in [1.54, 1.807) is 0 Å². The quantitative estimate of drug-likeness (QED) is 0.878. The molecule has 2 heterocycles. The van der Waals surface area contributed by atoms with Gasteiger partial charge in [-0.2, -0.15) is 0 Å². The number of nitrogens with zero attached hydrogens (tertiary/aromatic N) is 3. The molecule has 1 saturated heterocycles. The van der Waals surface area contributed by atoms with Crippen LogP contribution in [0.3, 0.4) is 0 Å². The summed E-state index contributed by atoms with van der Waals surface area (Å²) in [4.78, 5) is 17.4. The van der Waals surface area contributed by atoms with E-state index in [0.717, 1.165) is 43.6 Å². The first-order valence-corrected chi connectivity index (χ1v) is 9.13. The van der Waals surface area contributed by atoms with E-state index < -0.39 is 0 Å². The van der Waals surface area contributed by atoms with Gasteiger partial charge in [0.15, 0.2) is 0 Å². The van der Waals surface area contributed by atoms with E-state index in [9.17, 15) is 4.79 Å². The first-order chi connectivity index (χ1) is 12.2. The highest BCUT2D eigenvalue weighted by Crippen LogP contribution is 2.39. The molecule has 1 atom stereocenters. The number of hydrogen-bond acceptors (Lipinski definition) is 4. The van der Waals surface area contributed by atoms with Crippen LogP contribution in [0.5, 0.6) is 0 Å². The highest BCUT2D eigenvalue weighted by molar-refractivity contribution is 5.91. The van der Waals surface area contributed by atoms with Gasteiger partial charge in [0.25, 0.3) is 5.91 Å². The molecule has 1 aliphatic carbocycles. The molecule has 0 spiro atoms. The van der Waals surface area contributed by atoms with Crippen molar-refractivity contribution in [3.63, 3.8) is 0 Å². The van der Waals surface area contributed by atoms with Gasteiger partial charge in [-0.05, 0) is 37.8 Å². The van der Waals surface area contributed by atoms with E-state index in [4.69, 9.17) is 4.74 Å². The molecule has 2 fully saturated rings. The highest BCUT2D eigenvalue weighted by Gasteiger charge is 2.37. The molecule has 132 valence electrons. The molecule has 1 saturated carbocycles. The zero-order chi connectivity index (χ0) is 17.3. The van der Waals surface area contributed by atoms with Gasteiger partial charge in [0, 0.05) is 12.5 Å². The number of hydrogen-bond donors (Lipinski definition) is 1. The number of para-hydroxylation sites is 1. The largest absolute Gasteiger partial charge is 0.379 e. The third kappa shape index (κ3) is 3.31. The second-order valence-electron chi connectivity index (χ2n) is 7.10. The van der Waals surface area contributed by atoms with Crippen LogP contribution in [0, 0.1) is 0 Å². The SMILES string of the molecule is CCCC1(NC(=O)c2nc(C3CC3)n(-c3ccccc3)n2)CCOC1. The summed E-state index contributed by atoms with van der Waals surface area (Å²) in [5.74, 6) is 1.36. The van der Waals surface area contributed by atoms with Gasteiger partial charge in [0.2, 0.25) is 5.82 Å². The van der Waals surface area contributed by atoms with Crippen LogP contribution in [0.25, 0.3) is 5.69 Å². The van der Waals surface area contributed by atoms with Crippen LogP contribution in [0.4, 0.5) is 0 Å². The van der Waals surface area contributed by atoms with Crippen LogP contribution in [-0.4, -0.2) is 39.4 Å². The van der Waals surface area contributed by atoms with Crippen molar-refractivity contribution in [2.75, 3.05) is 13.2 Å². The lowest BCUT2D eigenvalue weighted by Gasteiger charge is -2.27. The molecule has 4 rings (SSSR count). The summed E-state index contributed by atoms with van der Waals surface area (Å²) in [6, 6.07) is 9.90. The van der Waals surface area contributed by atoms with Crippen molar-refractivity contribution < 1.29 is 9.53 Å². The number of ether oxygens (including phenoxy) is 1. The molecule has 0 bridgehead atoms. The Morgan fingerprint density at radius 3 is 2.80 bits per heavy atom. The maximum absolute atomic E-state index is 12.8. The molecule has 6 heteroatoms. The molecule has 6 nitrogen and oxygen atoms in total. The van der Waals surface area contributed by atoms with E-state index >= 15 is 0 Å². The van der Waals surface area contributed by atoms with Gasteiger partial charge >= 0.3 is 0 Å². The van der Waals surface area contributed by atoms with Gasteiger partial charge in [-0.25, -0.2) is 9.67 Å². The summed E-state index contributed by atoms with van der Waals surface area (Å²) in [6.07, 6.45) is 4.98.